The minimum Gasteiger partial charge on any atom is -0.495 e. The highest BCUT2D eigenvalue weighted by molar-refractivity contribution is 6.07. The Morgan fingerprint density at radius 1 is 1.03 bits per heavy atom. The van der Waals surface area contributed by atoms with Gasteiger partial charge in [-0.25, -0.2) is 0 Å². The number of carbonyl (C=O) groups excluding carboxylic acids is 2. The smallest absolute Gasteiger partial charge is 0.257 e. The van der Waals surface area contributed by atoms with Crippen molar-refractivity contribution in [2.24, 2.45) is 0 Å². The van der Waals surface area contributed by atoms with E-state index in [0.717, 1.165) is 17.1 Å². The van der Waals surface area contributed by atoms with Crippen molar-refractivity contribution in [2.45, 2.75) is 33.6 Å². The molecule has 3 rings (SSSR count). The zero-order valence-corrected chi connectivity index (χ0v) is 19.8. The van der Waals surface area contributed by atoms with Crippen molar-refractivity contribution < 1.29 is 14.3 Å². The third kappa shape index (κ3) is 4.54. The number of methoxy groups -OCH3 is 1. The lowest BCUT2D eigenvalue weighted by Gasteiger charge is -2.15. The van der Waals surface area contributed by atoms with Crippen LogP contribution in [0.2, 0.25) is 0 Å². The molecular weight excluding hydrogens is 402 g/mol. The third-order valence-corrected chi connectivity index (χ3v) is 5.57. The van der Waals surface area contributed by atoms with Gasteiger partial charge in [-0.05, 0) is 61.7 Å². The summed E-state index contributed by atoms with van der Waals surface area (Å²) >= 11 is 0. The Morgan fingerprint density at radius 3 is 2.38 bits per heavy atom. The first-order chi connectivity index (χ1) is 15.1. The number of benzene rings is 2. The lowest BCUT2D eigenvalue weighted by molar-refractivity contribution is 0.0827. The number of rotatable bonds is 6. The summed E-state index contributed by atoms with van der Waals surface area (Å²) in [5, 5.41) is 2.93. The van der Waals surface area contributed by atoms with Crippen molar-refractivity contribution in [3.8, 4) is 11.4 Å². The van der Waals surface area contributed by atoms with Gasteiger partial charge in [0.2, 0.25) is 0 Å². The Morgan fingerprint density at radius 2 is 1.75 bits per heavy atom. The van der Waals surface area contributed by atoms with Gasteiger partial charge in [-0.3, -0.25) is 9.59 Å². The van der Waals surface area contributed by atoms with Crippen LogP contribution in [0.3, 0.4) is 0 Å². The second-order valence-electron chi connectivity index (χ2n) is 8.44. The Balaban J connectivity index is 1.97. The van der Waals surface area contributed by atoms with E-state index in [1.807, 2.05) is 32.0 Å². The number of anilines is 1. The summed E-state index contributed by atoms with van der Waals surface area (Å²) in [6, 6.07) is 15.3. The van der Waals surface area contributed by atoms with Gasteiger partial charge in [0.25, 0.3) is 11.8 Å². The highest BCUT2D eigenvalue weighted by atomic mass is 16.5. The van der Waals surface area contributed by atoms with Gasteiger partial charge in [-0.15, -0.1) is 0 Å². The van der Waals surface area contributed by atoms with Gasteiger partial charge in [-0.2, -0.15) is 0 Å². The molecule has 32 heavy (non-hydrogen) atoms. The molecule has 0 saturated carbocycles. The summed E-state index contributed by atoms with van der Waals surface area (Å²) in [5.41, 5.74) is 5.59. The van der Waals surface area contributed by atoms with Crippen molar-refractivity contribution in [1.82, 2.24) is 9.47 Å². The molecule has 1 N–H and O–H groups in total. The molecule has 0 saturated heterocycles. The maximum Gasteiger partial charge on any atom is 0.257 e. The van der Waals surface area contributed by atoms with Crippen molar-refractivity contribution in [3.63, 3.8) is 0 Å². The second-order valence-corrected chi connectivity index (χ2v) is 8.44. The van der Waals surface area contributed by atoms with E-state index >= 15 is 0 Å². The normalized spacial score (nSPS) is 10.9. The largest absolute Gasteiger partial charge is 0.495 e. The number of nitrogens with zero attached hydrogens (tertiary/aromatic N) is 2. The lowest BCUT2D eigenvalue weighted by Crippen LogP contribution is -2.22. The molecule has 0 bridgehead atoms. The van der Waals surface area contributed by atoms with Crippen molar-refractivity contribution >= 4 is 17.5 Å². The number of amides is 2. The van der Waals surface area contributed by atoms with Gasteiger partial charge in [0.05, 0.1) is 18.4 Å². The molecule has 0 spiro atoms. The van der Waals surface area contributed by atoms with Gasteiger partial charge in [-0.1, -0.05) is 26.0 Å². The molecule has 1 aromatic heterocycles. The van der Waals surface area contributed by atoms with E-state index in [-0.39, 0.29) is 11.8 Å². The molecule has 6 nitrogen and oxygen atoms in total. The fourth-order valence-electron chi connectivity index (χ4n) is 3.80. The number of hydrogen-bond acceptors (Lipinski definition) is 3. The lowest BCUT2D eigenvalue weighted by atomic mass is 10.0. The topological polar surface area (TPSA) is 63.6 Å². The molecule has 0 aliphatic heterocycles. The van der Waals surface area contributed by atoms with Gasteiger partial charge >= 0.3 is 0 Å². The van der Waals surface area contributed by atoms with E-state index in [2.05, 4.69) is 35.9 Å². The predicted octanol–water partition coefficient (Wildman–Crippen LogP) is 5.18. The number of nitrogens with one attached hydrogen (secondary N) is 1. The Bertz CT molecular complexity index is 1160. The van der Waals surface area contributed by atoms with Gasteiger partial charge in [0.1, 0.15) is 5.75 Å². The predicted molar refractivity (Wildman–Crippen MR) is 128 cm³/mol. The van der Waals surface area contributed by atoms with Gasteiger partial charge in [0.15, 0.2) is 0 Å². The fraction of sp³-hybridized carbons (Fsp3) is 0.308. The zero-order valence-electron chi connectivity index (χ0n) is 19.8. The molecule has 168 valence electrons. The van der Waals surface area contributed by atoms with Crippen molar-refractivity contribution in [3.05, 3.63) is 76.6 Å². The van der Waals surface area contributed by atoms with Crippen LogP contribution in [0, 0.1) is 13.8 Å². The summed E-state index contributed by atoms with van der Waals surface area (Å²) in [7, 11) is 4.91. The van der Waals surface area contributed by atoms with Crippen molar-refractivity contribution in [1.29, 1.82) is 0 Å². The standard InChI is InChI=1S/C26H31N3O3/c1-16(2)19-9-8-10-21(14-19)29-17(3)13-22(18(29)4)25(30)27-23-15-20(26(31)28(5)6)11-12-24(23)32-7/h8-16H,1-7H3,(H,27,30). The van der Waals surface area contributed by atoms with Gasteiger partial charge < -0.3 is 19.5 Å². The summed E-state index contributed by atoms with van der Waals surface area (Å²) in [5.74, 6) is 0.508. The molecule has 0 unspecified atom stereocenters. The van der Waals surface area contributed by atoms with E-state index in [1.165, 1.54) is 17.6 Å². The van der Waals surface area contributed by atoms with Crippen LogP contribution >= 0.6 is 0 Å². The van der Waals surface area contributed by atoms with E-state index in [1.54, 1.807) is 32.3 Å². The molecule has 3 aromatic rings. The summed E-state index contributed by atoms with van der Waals surface area (Å²) in [4.78, 5) is 27.1. The van der Waals surface area contributed by atoms with Crippen LogP contribution in [0.5, 0.6) is 5.75 Å². The zero-order chi connectivity index (χ0) is 23.6. The molecule has 6 heteroatoms. The number of aromatic nitrogens is 1. The maximum atomic E-state index is 13.2. The molecule has 2 aromatic carbocycles. The van der Waals surface area contributed by atoms with Crippen LogP contribution in [0.4, 0.5) is 5.69 Å². The third-order valence-electron chi connectivity index (χ3n) is 5.57. The first-order valence-electron chi connectivity index (χ1n) is 10.6. The van der Waals surface area contributed by atoms with Crippen LogP contribution < -0.4 is 10.1 Å². The molecule has 0 radical (unpaired) electrons. The van der Waals surface area contributed by atoms with E-state index in [0.29, 0.717) is 28.5 Å². The van der Waals surface area contributed by atoms with Crippen LogP contribution in [-0.2, 0) is 0 Å². The minimum atomic E-state index is -0.253. The molecule has 0 atom stereocenters. The Labute approximate surface area is 189 Å². The number of aryl methyl sites for hydroxylation is 1. The van der Waals surface area contributed by atoms with E-state index in [9.17, 15) is 9.59 Å². The van der Waals surface area contributed by atoms with E-state index in [4.69, 9.17) is 4.74 Å². The fourth-order valence-corrected chi connectivity index (χ4v) is 3.80. The van der Waals surface area contributed by atoms with Crippen LogP contribution in [0.25, 0.3) is 5.69 Å². The quantitative estimate of drug-likeness (QED) is 0.583. The number of carbonyl (C=O) groups is 2. The molecule has 0 aliphatic carbocycles. The van der Waals surface area contributed by atoms with Crippen LogP contribution in [0.1, 0.15) is 57.4 Å². The number of hydrogen-bond donors (Lipinski definition) is 1. The highest BCUT2D eigenvalue weighted by Crippen LogP contribution is 2.28. The monoisotopic (exact) mass is 433 g/mol. The molecular formula is C26H31N3O3. The maximum absolute atomic E-state index is 13.2. The molecule has 2 amide bonds. The molecule has 1 heterocycles. The van der Waals surface area contributed by atoms with E-state index < -0.39 is 0 Å². The minimum absolute atomic E-state index is 0.147. The van der Waals surface area contributed by atoms with Crippen molar-refractivity contribution in [2.75, 3.05) is 26.5 Å². The highest BCUT2D eigenvalue weighted by Gasteiger charge is 2.19. The summed E-state index contributed by atoms with van der Waals surface area (Å²) < 4.78 is 7.48. The number of ether oxygens (including phenoxy) is 1. The first-order valence-corrected chi connectivity index (χ1v) is 10.6. The van der Waals surface area contributed by atoms with Crippen LogP contribution in [-0.4, -0.2) is 42.5 Å². The molecule has 0 fully saturated rings. The summed E-state index contributed by atoms with van der Waals surface area (Å²) in [6.45, 7) is 8.25. The average Bonchev–Trinajstić information content (AvgIpc) is 3.07. The Hall–Kier alpha value is -3.54. The second kappa shape index (κ2) is 9.30. The Kier molecular flexibility index (Phi) is 6.72. The first kappa shape index (κ1) is 23.1. The average molecular weight is 434 g/mol. The van der Waals surface area contributed by atoms with Crippen LogP contribution in [0.15, 0.2) is 48.5 Å². The summed E-state index contributed by atoms with van der Waals surface area (Å²) in [6.07, 6.45) is 0. The molecule has 0 aliphatic rings. The van der Waals surface area contributed by atoms with Gasteiger partial charge in [0, 0.05) is 36.7 Å². The SMILES string of the molecule is COc1ccc(C(=O)N(C)C)cc1NC(=O)c1cc(C)n(-c2cccc(C(C)C)c2)c1C.